The number of rotatable bonds is 8. The van der Waals surface area contributed by atoms with Gasteiger partial charge in [-0.3, -0.25) is 0 Å². The van der Waals surface area contributed by atoms with E-state index in [9.17, 15) is 0 Å². The van der Waals surface area contributed by atoms with E-state index in [1.807, 2.05) is 4.68 Å². The molecule has 1 aliphatic rings. The molecule has 1 N–H and O–H groups in total. The number of tetrazole rings is 1. The number of hydrogen-bond acceptors (Lipinski definition) is 3. The SMILES string of the molecule is CC(C)[C@H](c1nnnn1CCc1ccccc1)[NH+]1CCC(Cc2ccccc2)CC1. The van der Waals surface area contributed by atoms with Crippen LogP contribution in [-0.4, -0.2) is 33.3 Å². The lowest BCUT2D eigenvalue weighted by Crippen LogP contribution is -3.14. The molecule has 1 aliphatic heterocycles. The largest absolute Gasteiger partial charge is 0.326 e. The smallest absolute Gasteiger partial charge is 0.209 e. The lowest BCUT2D eigenvalue weighted by atomic mass is 9.88. The molecule has 1 atom stereocenters. The van der Waals surface area contributed by atoms with Crippen LogP contribution in [0.2, 0.25) is 0 Å². The maximum atomic E-state index is 4.49. The molecular formula is C25H34N5+. The quantitative estimate of drug-likeness (QED) is 0.627. The van der Waals surface area contributed by atoms with Gasteiger partial charge >= 0.3 is 0 Å². The van der Waals surface area contributed by atoms with E-state index in [2.05, 4.69) is 90.0 Å². The van der Waals surface area contributed by atoms with E-state index in [1.165, 1.54) is 43.5 Å². The predicted molar refractivity (Wildman–Crippen MR) is 119 cm³/mol. The van der Waals surface area contributed by atoms with Crippen LogP contribution in [0.3, 0.4) is 0 Å². The van der Waals surface area contributed by atoms with Crippen LogP contribution in [-0.2, 0) is 19.4 Å². The Labute approximate surface area is 180 Å². The molecule has 0 bridgehead atoms. The van der Waals surface area contributed by atoms with Crippen molar-refractivity contribution in [2.75, 3.05) is 13.1 Å². The molecule has 1 saturated heterocycles. The zero-order valence-corrected chi connectivity index (χ0v) is 18.2. The Morgan fingerprint density at radius 2 is 1.57 bits per heavy atom. The van der Waals surface area contributed by atoms with Crippen molar-refractivity contribution in [1.29, 1.82) is 0 Å². The van der Waals surface area contributed by atoms with Crippen molar-refractivity contribution in [3.8, 4) is 0 Å². The fraction of sp³-hybridized carbons (Fsp3) is 0.480. The molecule has 2 aromatic carbocycles. The Balaban J connectivity index is 1.39. The summed E-state index contributed by atoms with van der Waals surface area (Å²) in [7, 11) is 0. The summed E-state index contributed by atoms with van der Waals surface area (Å²) in [5.74, 6) is 2.35. The van der Waals surface area contributed by atoms with Gasteiger partial charge in [0.2, 0.25) is 5.82 Å². The Hall–Kier alpha value is -2.53. The third kappa shape index (κ3) is 5.14. The minimum Gasteiger partial charge on any atom is -0.326 e. The van der Waals surface area contributed by atoms with E-state index in [0.717, 1.165) is 24.7 Å². The van der Waals surface area contributed by atoms with Gasteiger partial charge in [0.15, 0.2) is 6.04 Å². The molecule has 3 aromatic rings. The highest BCUT2D eigenvalue weighted by Crippen LogP contribution is 2.21. The Bertz CT molecular complexity index is 882. The molecule has 2 heterocycles. The number of aryl methyl sites for hydroxylation is 2. The van der Waals surface area contributed by atoms with Gasteiger partial charge in [0.05, 0.1) is 13.1 Å². The van der Waals surface area contributed by atoms with Crippen molar-refractivity contribution in [3.05, 3.63) is 77.6 Å². The Morgan fingerprint density at radius 1 is 0.933 bits per heavy atom. The van der Waals surface area contributed by atoms with Crippen LogP contribution in [0.1, 0.15) is 49.7 Å². The number of nitrogens with zero attached hydrogens (tertiary/aromatic N) is 4. The van der Waals surface area contributed by atoms with E-state index in [0.29, 0.717) is 12.0 Å². The summed E-state index contributed by atoms with van der Waals surface area (Å²) in [5.41, 5.74) is 2.80. The number of piperidine rings is 1. The average Bonchev–Trinajstić information content (AvgIpc) is 3.23. The second kappa shape index (κ2) is 9.98. The van der Waals surface area contributed by atoms with Crippen LogP contribution in [0.25, 0.3) is 0 Å². The molecule has 158 valence electrons. The molecule has 1 aromatic heterocycles. The van der Waals surface area contributed by atoms with Crippen molar-refractivity contribution in [2.45, 2.75) is 52.1 Å². The number of likely N-dealkylation sites (tertiary alicyclic amines) is 1. The maximum Gasteiger partial charge on any atom is 0.209 e. The molecule has 0 radical (unpaired) electrons. The first-order chi connectivity index (χ1) is 14.7. The topological polar surface area (TPSA) is 48.0 Å². The van der Waals surface area contributed by atoms with Crippen molar-refractivity contribution in [2.24, 2.45) is 11.8 Å². The summed E-state index contributed by atoms with van der Waals surface area (Å²) in [6.07, 6.45) is 4.71. The van der Waals surface area contributed by atoms with Gasteiger partial charge in [-0.15, -0.1) is 5.10 Å². The van der Waals surface area contributed by atoms with Gasteiger partial charge in [-0.05, 0) is 53.2 Å². The Kier molecular flexibility index (Phi) is 6.90. The first-order valence-electron chi connectivity index (χ1n) is 11.4. The molecular weight excluding hydrogens is 370 g/mol. The molecule has 5 nitrogen and oxygen atoms in total. The van der Waals surface area contributed by atoms with Gasteiger partial charge in [0.1, 0.15) is 0 Å². The number of nitrogens with one attached hydrogen (secondary N) is 1. The molecule has 4 rings (SSSR count). The number of quaternary nitrogens is 1. The van der Waals surface area contributed by atoms with E-state index < -0.39 is 0 Å². The lowest BCUT2D eigenvalue weighted by molar-refractivity contribution is -0.942. The summed E-state index contributed by atoms with van der Waals surface area (Å²) < 4.78 is 2.04. The molecule has 30 heavy (non-hydrogen) atoms. The minimum absolute atomic E-state index is 0.355. The second-order valence-electron chi connectivity index (χ2n) is 9.01. The van der Waals surface area contributed by atoms with Crippen LogP contribution in [0.4, 0.5) is 0 Å². The monoisotopic (exact) mass is 404 g/mol. The molecule has 1 fully saturated rings. The fourth-order valence-electron chi connectivity index (χ4n) is 4.94. The van der Waals surface area contributed by atoms with Gasteiger partial charge in [-0.25, -0.2) is 4.68 Å². The van der Waals surface area contributed by atoms with E-state index in [1.54, 1.807) is 4.90 Å². The zero-order valence-electron chi connectivity index (χ0n) is 18.2. The van der Waals surface area contributed by atoms with Gasteiger partial charge < -0.3 is 4.90 Å². The van der Waals surface area contributed by atoms with Crippen LogP contribution in [0.15, 0.2) is 60.7 Å². The third-order valence-electron chi connectivity index (χ3n) is 6.51. The van der Waals surface area contributed by atoms with Gasteiger partial charge in [0, 0.05) is 12.5 Å². The van der Waals surface area contributed by atoms with Crippen LogP contribution in [0.5, 0.6) is 0 Å². The predicted octanol–water partition coefficient (Wildman–Crippen LogP) is 3.15. The van der Waals surface area contributed by atoms with Crippen molar-refractivity contribution >= 4 is 0 Å². The van der Waals surface area contributed by atoms with Crippen LogP contribution < -0.4 is 4.90 Å². The molecule has 0 amide bonds. The second-order valence-corrected chi connectivity index (χ2v) is 9.01. The fourth-order valence-corrected chi connectivity index (χ4v) is 4.94. The summed E-state index contributed by atoms with van der Waals surface area (Å²) in [4.78, 5) is 1.64. The maximum absolute atomic E-state index is 4.49. The third-order valence-corrected chi connectivity index (χ3v) is 6.51. The molecule has 0 saturated carbocycles. The normalized spacial score (nSPS) is 20.4. The lowest BCUT2D eigenvalue weighted by Gasteiger charge is -2.36. The molecule has 0 aliphatic carbocycles. The summed E-state index contributed by atoms with van der Waals surface area (Å²) >= 11 is 0. The number of aromatic nitrogens is 4. The highest BCUT2D eigenvalue weighted by Gasteiger charge is 2.35. The van der Waals surface area contributed by atoms with Gasteiger partial charge in [0.25, 0.3) is 0 Å². The Morgan fingerprint density at radius 3 is 2.20 bits per heavy atom. The highest BCUT2D eigenvalue weighted by molar-refractivity contribution is 5.15. The summed E-state index contributed by atoms with van der Waals surface area (Å²) in [6, 6.07) is 21.9. The molecule has 0 spiro atoms. The minimum atomic E-state index is 0.355. The molecule has 0 unspecified atom stereocenters. The standard InChI is InChI=1S/C25H33N5/c1-20(2)24(25-26-27-28-30(25)18-15-21-9-5-3-6-10-21)29-16-13-23(14-17-29)19-22-11-7-4-8-12-22/h3-12,20,23-24H,13-19H2,1-2H3/p+1/t24-/m1/s1. The van der Waals surface area contributed by atoms with Gasteiger partial charge in [-0.1, -0.05) is 74.5 Å². The highest BCUT2D eigenvalue weighted by atomic mass is 15.5. The molecule has 5 heteroatoms. The summed E-state index contributed by atoms with van der Waals surface area (Å²) in [5, 5.41) is 12.9. The first-order valence-corrected chi connectivity index (χ1v) is 11.4. The zero-order chi connectivity index (χ0) is 20.8. The average molecular weight is 405 g/mol. The van der Waals surface area contributed by atoms with E-state index in [-0.39, 0.29) is 0 Å². The number of hydrogen-bond donors (Lipinski definition) is 1. The van der Waals surface area contributed by atoms with Crippen LogP contribution in [0, 0.1) is 11.8 Å². The van der Waals surface area contributed by atoms with E-state index >= 15 is 0 Å². The van der Waals surface area contributed by atoms with Crippen molar-refractivity contribution < 1.29 is 4.90 Å². The van der Waals surface area contributed by atoms with Crippen molar-refractivity contribution in [1.82, 2.24) is 20.2 Å². The van der Waals surface area contributed by atoms with Crippen molar-refractivity contribution in [3.63, 3.8) is 0 Å². The van der Waals surface area contributed by atoms with E-state index in [4.69, 9.17) is 0 Å². The first kappa shape index (κ1) is 20.7. The number of benzene rings is 2. The van der Waals surface area contributed by atoms with Crippen LogP contribution >= 0.6 is 0 Å². The van der Waals surface area contributed by atoms with Gasteiger partial charge in [-0.2, -0.15) is 0 Å². The summed E-state index contributed by atoms with van der Waals surface area (Å²) in [6.45, 7) is 7.85.